The van der Waals surface area contributed by atoms with Crippen LogP contribution in [0.5, 0.6) is 0 Å². The summed E-state index contributed by atoms with van der Waals surface area (Å²) in [5, 5.41) is 0. The molecule has 1 atom stereocenters. The van der Waals surface area contributed by atoms with Crippen molar-refractivity contribution in [1.29, 1.82) is 0 Å². The smallest absolute Gasteiger partial charge is 0.246 e. The molecule has 1 aliphatic heterocycles. The number of halogens is 2. The van der Waals surface area contributed by atoms with E-state index in [2.05, 4.69) is 15.9 Å². The minimum atomic E-state index is -4.18. The lowest BCUT2D eigenvalue weighted by Crippen LogP contribution is -2.50. The van der Waals surface area contributed by atoms with Gasteiger partial charge in [-0.25, -0.2) is 12.8 Å². The SMILES string of the molecule is NC(=O)C1CCCCN1S(=O)(=O)c1cc(N)cc(Br)c1F. The molecule has 9 heteroatoms. The molecular weight excluding hydrogens is 365 g/mol. The molecular formula is C12H15BrFN3O3S. The minimum Gasteiger partial charge on any atom is -0.399 e. The van der Waals surface area contributed by atoms with Gasteiger partial charge in [-0.3, -0.25) is 4.79 Å². The van der Waals surface area contributed by atoms with Gasteiger partial charge in [0.1, 0.15) is 10.9 Å². The number of sulfonamides is 1. The number of nitrogen functional groups attached to an aromatic ring is 1. The van der Waals surface area contributed by atoms with Crippen LogP contribution in [-0.4, -0.2) is 31.2 Å². The highest BCUT2D eigenvalue weighted by atomic mass is 79.9. The maximum atomic E-state index is 14.1. The molecule has 6 nitrogen and oxygen atoms in total. The second-order valence-electron chi connectivity index (χ2n) is 4.84. The molecule has 1 amide bonds. The Morgan fingerprint density at radius 1 is 1.38 bits per heavy atom. The van der Waals surface area contributed by atoms with Gasteiger partial charge in [-0.15, -0.1) is 0 Å². The Balaban J connectivity index is 2.53. The summed E-state index contributed by atoms with van der Waals surface area (Å²) >= 11 is 2.93. The van der Waals surface area contributed by atoms with Gasteiger partial charge in [-0.2, -0.15) is 4.31 Å². The first kappa shape index (κ1) is 16.2. The molecule has 116 valence electrons. The molecule has 1 aliphatic rings. The number of amides is 1. The number of hydrogen-bond donors (Lipinski definition) is 2. The van der Waals surface area contributed by atoms with Crippen molar-refractivity contribution >= 4 is 37.5 Å². The molecule has 0 saturated carbocycles. The van der Waals surface area contributed by atoms with Crippen LogP contribution in [0, 0.1) is 5.82 Å². The Morgan fingerprint density at radius 3 is 2.67 bits per heavy atom. The lowest BCUT2D eigenvalue weighted by molar-refractivity contribution is -0.122. The third-order valence-corrected chi connectivity index (χ3v) is 5.87. The van der Waals surface area contributed by atoms with Crippen LogP contribution in [0.2, 0.25) is 0 Å². The second-order valence-corrected chi connectivity index (χ2v) is 7.56. The van der Waals surface area contributed by atoms with E-state index in [-0.39, 0.29) is 16.7 Å². The van der Waals surface area contributed by atoms with E-state index in [0.717, 1.165) is 10.4 Å². The molecule has 1 aromatic carbocycles. The van der Waals surface area contributed by atoms with Crippen LogP contribution in [-0.2, 0) is 14.8 Å². The summed E-state index contributed by atoms with van der Waals surface area (Å²) in [6.45, 7) is 0.127. The predicted molar refractivity (Wildman–Crippen MR) is 79.2 cm³/mol. The number of hydrogen-bond acceptors (Lipinski definition) is 4. The van der Waals surface area contributed by atoms with Crippen molar-refractivity contribution in [2.24, 2.45) is 5.73 Å². The molecule has 1 fully saturated rings. The van der Waals surface area contributed by atoms with Gasteiger partial charge in [0.25, 0.3) is 0 Å². The van der Waals surface area contributed by atoms with Crippen molar-refractivity contribution in [3.8, 4) is 0 Å². The number of carbonyl (C=O) groups is 1. The van der Waals surface area contributed by atoms with Crippen LogP contribution >= 0.6 is 15.9 Å². The van der Waals surface area contributed by atoms with Crippen molar-refractivity contribution in [2.75, 3.05) is 12.3 Å². The highest BCUT2D eigenvalue weighted by molar-refractivity contribution is 9.10. The Hall–Kier alpha value is -1.19. The van der Waals surface area contributed by atoms with Gasteiger partial charge in [0, 0.05) is 12.2 Å². The van der Waals surface area contributed by atoms with Gasteiger partial charge in [0.2, 0.25) is 15.9 Å². The third kappa shape index (κ3) is 3.04. The largest absolute Gasteiger partial charge is 0.399 e. The van der Waals surface area contributed by atoms with Crippen LogP contribution in [0.15, 0.2) is 21.5 Å². The van der Waals surface area contributed by atoms with Gasteiger partial charge in [0.05, 0.1) is 4.47 Å². The van der Waals surface area contributed by atoms with Crippen molar-refractivity contribution in [3.05, 3.63) is 22.4 Å². The minimum absolute atomic E-state index is 0.0475. The van der Waals surface area contributed by atoms with Gasteiger partial charge >= 0.3 is 0 Å². The molecule has 21 heavy (non-hydrogen) atoms. The molecule has 0 radical (unpaired) electrons. The van der Waals surface area contributed by atoms with Crippen molar-refractivity contribution < 1.29 is 17.6 Å². The topological polar surface area (TPSA) is 106 Å². The Morgan fingerprint density at radius 2 is 2.05 bits per heavy atom. The molecule has 0 bridgehead atoms. The van der Waals surface area contributed by atoms with E-state index in [4.69, 9.17) is 11.5 Å². The fourth-order valence-corrected chi connectivity index (χ4v) is 4.77. The summed E-state index contributed by atoms with van der Waals surface area (Å²) in [6, 6.07) is 1.36. The van der Waals surface area contributed by atoms with Crippen molar-refractivity contribution in [1.82, 2.24) is 4.31 Å². The van der Waals surface area contributed by atoms with Crippen LogP contribution < -0.4 is 11.5 Å². The number of rotatable bonds is 3. The number of benzene rings is 1. The molecule has 0 spiro atoms. The molecule has 1 saturated heterocycles. The summed E-state index contributed by atoms with van der Waals surface area (Å²) in [7, 11) is -4.18. The molecule has 2 rings (SSSR count). The molecule has 1 heterocycles. The number of carbonyl (C=O) groups excluding carboxylic acids is 1. The summed E-state index contributed by atoms with van der Waals surface area (Å²) in [5.74, 6) is -1.67. The maximum Gasteiger partial charge on any atom is 0.246 e. The van der Waals surface area contributed by atoms with Crippen LogP contribution in [0.4, 0.5) is 10.1 Å². The summed E-state index contributed by atoms with van der Waals surface area (Å²) < 4.78 is 40.3. The van der Waals surface area contributed by atoms with Crippen molar-refractivity contribution in [2.45, 2.75) is 30.2 Å². The Kier molecular flexibility index (Phi) is 4.54. The summed E-state index contributed by atoms with van der Waals surface area (Å²) in [4.78, 5) is 10.9. The van der Waals surface area contributed by atoms with Gasteiger partial charge < -0.3 is 11.5 Å². The molecule has 0 aliphatic carbocycles. The number of primary amides is 1. The van der Waals surface area contributed by atoms with Gasteiger partial charge in [-0.05, 0) is 40.9 Å². The monoisotopic (exact) mass is 379 g/mol. The molecule has 4 N–H and O–H groups in total. The van der Waals surface area contributed by atoms with E-state index in [1.54, 1.807) is 0 Å². The van der Waals surface area contributed by atoms with Crippen LogP contribution in [0.1, 0.15) is 19.3 Å². The van der Waals surface area contributed by atoms with E-state index < -0.39 is 32.7 Å². The van der Waals surface area contributed by atoms with Gasteiger partial charge in [0.15, 0.2) is 5.82 Å². The maximum absolute atomic E-state index is 14.1. The first-order valence-electron chi connectivity index (χ1n) is 6.31. The first-order chi connectivity index (χ1) is 9.75. The summed E-state index contributed by atoms with van der Waals surface area (Å²) in [6.07, 6.45) is 1.62. The van der Waals surface area contributed by atoms with Crippen LogP contribution in [0.3, 0.4) is 0 Å². The molecule has 1 unspecified atom stereocenters. The highest BCUT2D eigenvalue weighted by Gasteiger charge is 2.38. The zero-order chi connectivity index (χ0) is 15.8. The zero-order valence-electron chi connectivity index (χ0n) is 11.1. The lowest BCUT2D eigenvalue weighted by Gasteiger charge is -2.32. The fourth-order valence-electron chi connectivity index (χ4n) is 2.37. The second kappa shape index (κ2) is 5.90. The first-order valence-corrected chi connectivity index (χ1v) is 8.54. The lowest BCUT2D eigenvalue weighted by atomic mass is 10.0. The zero-order valence-corrected chi connectivity index (χ0v) is 13.5. The highest BCUT2D eigenvalue weighted by Crippen LogP contribution is 2.31. The van der Waals surface area contributed by atoms with Crippen LogP contribution in [0.25, 0.3) is 0 Å². The number of nitrogens with two attached hydrogens (primary N) is 2. The van der Waals surface area contributed by atoms with Crippen molar-refractivity contribution in [3.63, 3.8) is 0 Å². The average Bonchev–Trinajstić information content (AvgIpc) is 2.42. The van der Waals surface area contributed by atoms with E-state index >= 15 is 0 Å². The number of nitrogens with zero attached hydrogens (tertiary/aromatic N) is 1. The van der Waals surface area contributed by atoms with E-state index in [1.165, 1.54) is 6.07 Å². The number of anilines is 1. The fraction of sp³-hybridized carbons (Fsp3) is 0.417. The average molecular weight is 380 g/mol. The quantitative estimate of drug-likeness (QED) is 0.769. The standard InChI is InChI=1S/C12H15BrFN3O3S/c13-8-5-7(15)6-10(11(8)14)21(19,20)17-4-2-1-3-9(17)12(16)18/h5-6,9H,1-4,15H2,(H2,16,18). The van der Waals surface area contributed by atoms with E-state index in [9.17, 15) is 17.6 Å². The third-order valence-electron chi connectivity index (χ3n) is 3.39. The normalized spacial score (nSPS) is 20.4. The Labute approximate surface area is 130 Å². The number of piperidine rings is 1. The van der Waals surface area contributed by atoms with E-state index in [0.29, 0.717) is 19.3 Å². The van der Waals surface area contributed by atoms with Gasteiger partial charge in [-0.1, -0.05) is 6.42 Å². The Bertz CT molecular complexity index is 681. The predicted octanol–water partition coefficient (Wildman–Crippen LogP) is 1.20. The van der Waals surface area contributed by atoms with E-state index in [1.807, 2.05) is 0 Å². The summed E-state index contributed by atoms with van der Waals surface area (Å²) in [5.41, 5.74) is 10.9. The molecule has 0 aromatic heterocycles. The molecule has 1 aromatic rings.